The zero-order valence-electron chi connectivity index (χ0n) is 11.2. The van der Waals surface area contributed by atoms with Gasteiger partial charge in [-0.15, -0.1) is 0 Å². The van der Waals surface area contributed by atoms with E-state index in [0.29, 0.717) is 12.5 Å². The first-order chi connectivity index (χ1) is 8.49. The molecular formula is C14H21BrN2O. The average molecular weight is 313 g/mol. The molecule has 1 amide bonds. The van der Waals surface area contributed by atoms with Crippen molar-refractivity contribution < 1.29 is 4.79 Å². The maximum atomic E-state index is 11.6. The summed E-state index contributed by atoms with van der Waals surface area (Å²) < 4.78 is 0.975. The minimum Gasteiger partial charge on any atom is -0.375 e. The van der Waals surface area contributed by atoms with Crippen molar-refractivity contribution in [2.45, 2.75) is 27.2 Å². The van der Waals surface area contributed by atoms with Crippen molar-refractivity contribution in [1.29, 1.82) is 0 Å². The van der Waals surface area contributed by atoms with Gasteiger partial charge in [0, 0.05) is 16.7 Å². The Hall–Kier alpha value is -1.03. The Kier molecular flexibility index (Phi) is 6.19. The van der Waals surface area contributed by atoms with Crippen molar-refractivity contribution in [3.63, 3.8) is 0 Å². The van der Waals surface area contributed by atoms with Gasteiger partial charge in [0.1, 0.15) is 0 Å². The maximum Gasteiger partial charge on any atom is 0.239 e. The van der Waals surface area contributed by atoms with Crippen LogP contribution in [-0.2, 0) is 4.79 Å². The van der Waals surface area contributed by atoms with Gasteiger partial charge in [-0.2, -0.15) is 0 Å². The van der Waals surface area contributed by atoms with Gasteiger partial charge in [-0.3, -0.25) is 4.79 Å². The minimum absolute atomic E-state index is 0.0315. The zero-order valence-corrected chi connectivity index (χ0v) is 12.8. The highest BCUT2D eigenvalue weighted by molar-refractivity contribution is 9.10. The van der Waals surface area contributed by atoms with E-state index < -0.39 is 0 Å². The summed E-state index contributed by atoms with van der Waals surface area (Å²) in [6.45, 7) is 7.37. The van der Waals surface area contributed by atoms with E-state index in [0.717, 1.165) is 23.1 Å². The van der Waals surface area contributed by atoms with Crippen LogP contribution in [0.25, 0.3) is 0 Å². The molecule has 0 aromatic heterocycles. The average Bonchev–Trinajstić information content (AvgIpc) is 2.30. The highest BCUT2D eigenvalue weighted by Crippen LogP contribution is 2.22. The highest BCUT2D eigenvalue weighted by atomic mass is 79.9. The number of benzene rings is 1. The lowest BCUT2D eigenvalue weighted by atomic mass is 10.1. The van der Waals surface area contributed by atoms with E-state index in [1.165, 1.54) is 5.56 Å². The van der Waals surface area contributed by atoms with Crippen molar-refractivity contribution in [1.82, 2.24) is 5.32 Å². The van der Waals surface area contributed by atoms with Crippen LogP contribution in [0.3, 0.4) is 0 Å². The van der Waals surface area contributed by atoms with Gasteiger partial charge in [-0.25, -0.2) is 0 Å². The first-order valence-electron chi connectivity index (χ1n) is 6.25. The van der Waals surface area contributed by atoms with Crippen LogP contribution in [0.4, 0.5) is 5.69 Å². The third-order valence-corrected chi connectivity index (χ3v) is 3.30. The highest BCUT2D eigenvalue weighted by Gasteiger charge is 2.04. The van der Waals surface area contributed by atoms with Gasteiger partial charge in [0.05, 0.1) is 6.54 Å². The van der Waals surface area contributed by atoms with E-state index in [9.17, 15) is 4.79 Å². The summed E-state index contributed by atoms with van der Waals surface area (Å²) in [5, 5.41) is 6.03. The van der Waals surface area contributed by atoms with Gasteiger partial charge in [-0.1, -0.05) is 19.9 Å². The fraction of sp³-hybridized carbons (Fsp3) is 0.500. The third kappa shape index (κ3) is 5.54. The molecule has 0 fully saturated rings. The van der Waals surface area contributed by atoms with Crippen LogP contribution in [0.1, 0.15) is 25.8 Å². The number of nitrogens with one attached hydrogen (secondary N) is 2. The van der Waals surface area contributed by atoms with Gasteiger partial charge in [0.2, 0.25) is 5.91 Å². The molecule has 3 nitrogen and oxygen atoms in total. The summed E-state index contributed by atoms with van der Waals surface area (Å²) in [4.78, 5) is 11.6. The monoisotopic (exact) mass is 312 g/mol. The second-order valence-electron chi connectivity index (χ2n) is 4.87. The molecule has 0 aliphatic carbocycles. The van der Waals surface area contributed by atoms with Crippen LogP contribution in [0.2, 0.25) is 0 Å². The molecule has 100 valence electrons. The SMILES string of the molecule is Cc1ccc(Br)c(NCC(=O)NCCC(C)C)c1. The molecule has 0 heterocycles. The molecule has 0 atom stereocenters. The topological polar surface area (TPSA) is 41.1 Å². The van der Waals surface area contributed by atoms with E-state index in [-0.39, 0.29) is 5.91 Å². The van der Waals surface area contributed by atoms with Crippen LogP contribution in [-0.4, -0.2) is 19.0 Å². The second-order valence-corrected chi connectivity index (χ2v) is 5.72. The molecule has 18 heavy (non-hydrogen) atoms. The molecule has 0 aliphatic heterocycles. The Balaban J connectivity index is 2.36. The van der Waals surface area contributed by atoms with E-state index in [4.69, 9.17) is 0 Å². The molecule has 1 rings (SSSR count). The Labute approximate surface area is 117 Å². The Morgan fingerprint density at radius 3 is 2.78 bits per heavy atom. The van der Waals surface area contributed by atoms with Gasteiger partial charge >= 0.3 is 0 Å². The first-order valence-corrected chi connectivity index (χ1v) is 7.05. The normalized spacial score (nSPS) is 10.5. The van der Waals surface area contributed by atoms with Crippen molar-refractivity contribution in [3.05, 3.63) is 28.2 Å². The van der Waals surface area contributed by atoms with Crippen molar-refractivity contribution in [2.75, 3.05) is 18.4 Å². The minimum atomic E-state index is 0.0315. The lowest BCUT2D eigenvalue weighted by Crippen LogP contribution is -2.31. The van der Waals surface area contributed by atoms with Gasteiger partial charge in [-0.05, 0) is 52.9 Å². The predicted molar refractivity (Wildman–Crippen MR) is 79.8 cm³/mol. The lowest BCUT2D eigenvalue weighted by molar-refractivity contribution is -0.119. The van der Waals surface area contributed by atoms with Crippen LogP contribution in [0.15, 0.2) is 22.7 Å². The molecule has 0 saturated carbocycles. The molecule has 2 N–H and O–H groups in total. The van der Waals surface area contributed by atoms with Crippen LogP contribution in [0, 0.1) is 12.8 Å². The summed E-state index contributed by atoms with van der Waals surface area (Å²) in [6, 6.07) is 6.03. The fourth-order valence-electron chi connectivity index (χ4n) is 1.51. The number of carbonyl (C=O) groups excluding carboxylic acids is 1. The maximum absolute atomic E-state index is 11.6. The van der Waals surface area contributed by atoms with Crippen LogP contribution < -0.4 is 10.6 Å². The molecule has 0 spiro atoms. The van der Waals surface area contributed by atoms with Crippen molar-refractivity contribution >= 4 is 27.5 Å². The number of anilines is 1. The molecule has 0 saturated heterocycles. The van der Waals surface area contributed by atoms with Gasteiger partial charge < -0.3 is 10.6 Å². The lowest BCUT2D eigenvalue weighted by Gasteiger charge is -2.10. The number of hydrogen-bond acceptors (Lipinski definition) is 2. The second kappa shape index (κ2) is 7.41. The molecule has 1 aromatic rings. The molecule has 0 unspecified atom stereocenters. The number of hydrogen-bond donors (Lipinski definition) is 2. The standard InChI is InChI=1S/C14H21BrN2O/c1-10(2)6-7-16-14(18)9-17-13-8-11(3)4-5-12(13)15/h4-5,8,10,17H,6-7,9H2,1-3H3,(H,16,18). The summed E-state index contributed by atoms with van der Waals surface area (Å²) >= 11 is 3.46. The Bertz CT molecular complexity index is 405. The van der Waals surface area contributed by atoms with Crippen molar-refractivity contribution in [3.8, 4) is 0 Å². The molecule has 4 heteroatoms. The van der Waals surface area contributed by atoms with E-state index in [1.807, 2.05) is 25.1 Å². The quantitative estimate of drug-likeness (QED) is 0.846. The van der Waals surface area contributed by atoms with Crippen LogP contribution in [0.5, 0.6) is 0 Å². The largest absolute Gasteiger partial charge is 0.375 e. The number of amides is 1. The molecule has 0 aliphatic rings. The number of carbonyl (C=O) groups is 1. The predicted octanol–water partition coefficient (Wildman–Crippen LogP) is 3.33. The molecule has 1 aromatic carbocycles. The smallest absolute Gasteiger partial charge is 0.239 e. The Morgan fingerprint density at radius 1 is 1.39 bits per heavy atom. The van der Waals surface area contributed by atoms with E-state index in [1.54, 1.807) is 0 Å². The molecule has 0 radical (unpaired) electrons. The first kappa shape index (κ1) is 15.0. The summed E-state index contributed by atoms with van der Waals surface area (Å²) in [6.07, 6.45) is 1.01. The Morgan fingerprint density at radius 2 is 2.11 bits per heavy atom. The van der Waals surface area contributed by atoms with Crippen LogP contribution >= 0.6 is 15.9 Å². The van der Waals surface area contributed by atoms with Crippen molar-refractivity contribution in [2.24, 2.45) is 5.92 Å². The third-order valence-electron chi connectivity index (χ3n) is 2.61. The number of rotatable bonds is 6. The zero-order chi connectivity index (χ0) is 13.5. The summed E-state index contributed by atoms with van der Waals surface area (Å²) in [7, 11) is 0. The van der Waals surface area contributed by atoms with E-state index >= 15 is 0 Å². The fourth-order valence-corrected chi connectivity index (χ4v) is 1.90. The molecule has 0 bridgehead atoms. The van der Waals surface area contributed by atoms with Gasteiger partial charge in [0.25, 0.3) is 0 Å². The summed E-state index contributed by atoms with van der Waals surface area (Å²) in [5.41, 5.74) is 2.12. The number of aryl methyl sites for hydroxylation is 1. The molecular weight excluding hydrogens is 292 g/mol. The summed E-state index contributed by atoms with van der Waals surface area (Å²) in [5.74, 6) is 0.647. The van der Waals surface area contributed by atoms with Gasteiger partial charge in [0.15, 0.2) is 0 Å². The van der Waals surface area contributed by atoms with E-state index in [2.05, 4.69) is 40.4 Å². The number of halogens is 1.